The van der Waals surface area contributed by atoms with Crippen LogP contribution < -0.4 is 20.7 Å². The van der Waals surface area contributed by atoms with Crippen LogP contribution in [0.25, 0.3) is 0 Å². The van der Waals surface area contributed by atoms with Gasteiger partial charge in [-0.25, -0.2) is 0 Å². The Balaban J connectivity index is 1.51. The molecular weight excluding hydrogens is 471 g/mol. The average molecular weight is 507 g/mol. The van der Waals surface area contributed by atoms with Crippen LogP contribution in [0, 0.1) is 0 Å². The molecule has 0 amide bonds. The molecule has 0 fully saturated rings. The molecule has 0 aliphatic heterocycles. The Kier molecular flexibility index (Phi) is 12.1. The quantitative estimate of drug-likeness (QED) is 0.105. The molecule has 35 heavy (non-hydrogen) atoms. The van der Waals surface area contributed by atoms with Crippen molar-refractivity contribution in [3.63, 3.8) is 0 Å². The van der Waals surface area contributed by atoms with Gasteiger partial charge < -0.3 is 4.74 Å². The topological polar surface area (TPSA) is 43.4 Å². The number of ether oxygens (including phenoxy) is 1. The number of hydrogen-bond acceptors (Lipinski definition) is 4. The van der Waals surface area contributed by atoms with Crippen molar-refractivity contribution in [2.75, 3.05) is 5.75 Å². The van der Waals surface area contributed by atoms with E-state index in [9.17, 15) is 9.59 Å². The number of carbonyl (C=O) groups excluding carboxylic acids is 2. The van der Waals surface area contributed by atoms with Crippen LogP contribution in [0.1, 0.15) is 58.3 Å². The summed E-state index contributed by atoms with van der Waals surface area (Å²) in [4.78, 5) is 23.6. The number of esters is 1. The molecule has 3 aromatic rings. The van der Waals surface area contributed by atoms with E-state index in [4.69, 9.17) is 4.74 Å². The summed E-state index contributed by atoms with van der Waals surface area (Å²) in [5, 5.41) is 3.74. The lowest BCUT2D eigenvalue weighted by Crippen LogP contribution is -2.23. The van der Waals surface area contributed by atoms with Crippen molar-refractivity contribution in [2.24, 2.45) is 0 Å². The number of hydrogen-bond donors (Lipinski definition) is 0. The highest BCUT2D eigenvalue weighted by Gasteiger charge is 2.21. The largest absolute Gasteiger partial charge is 0.426 e. The first-order chi connectivity index (χ1) is 17.1. The molecule has 3 nitrogen and oxygen atoms in total. The van der Waals surface area contributed by atoms with E-state index in [0.29, 0.717) is 12.2 Å². The molecule has 0 aliphatic rings. The van der Waals surface area contributed by atoms with Gasteiger partial charge in [-0.3, -0.25) is 9.59 Å². The van der Waals surface area contributed by atoms with Gasteiger partial charge in [-0.1, -0.05) is 123 Å². The van der Waals surface area contributed by atoms with Gasteiger partial charge in [0, 0.05) is 24.4 Å². The second kappa shape index (κ2) is 15.5. The molecule has 0 saturated carbocycles. The third-order valence-electron chi connectivity index (χ3n) is 5.69. The van der Waals surface area contributed by atoms with Gasteiger partial charge in [0.2, 0.25) is 0 Å². The van der Waals surface area contributed by atoms with E-state index in [1.165, 1.54) is 41.6 Å². The van der Waals surface area contributed by atoms with Crippen molar-refractivity contribution >= 4 is 46.7 Å². The molecule has 0 unspecified atom stereocenters. The van der Waals surface area contributed by atoms with E-state index in [0.717, 1.165) is 36.7 Å². The second-order valence-corrected chi connectivity index (χ2v) is 12.0. The first-order valence-electron chi connectivity index (χ1n) is 12.5. The summed E-state index contributed by atoms with van der Waals surface area (Å²) in [5.41, 5.74) is 0. The summed E-state index contributed by atoms with van der Waals surface area (Å²) in [6.07, 6.45) is 8.12. The number of benzene rings is 3. The van der Waals surface area contributed by atoms with Crippen LogP contribution in [-0.2, 0) is 9.59 Å². The third-order valence-corrected chi connectivity index (χ3v) is 9.07. The number of rotatable bonds is 14. The highest BCUT2D eigenvalue weighted by atomic mass is 32.2. The molecule has 0 aliphatic carbocycles. The van der Waals surface area contributed by atoms with Crippen LogP contribution in [0.3, 0.4) is 0 Å². The summed E-state index contributed by atoms with van der Waals surface area (Å²) in [6, 6.07) is 28.9. The van der Waals surface area contributed by atoms with E-state index in [1.807, 2.05) is 30.3 Å². The Morgan fingerprint density at radius 1 is 0.686 bits per heavy atom. The minimum atomic E-state index is -0.826. The van der Waals surface area contributed by atoms with Gasteiger partial charge in [0.15, 0.2) is 5.12 Å². The number of para-hydroxylation sites is 1. The molecule has 0 radical (unpaired) electrons. The average Bonchev–Trinajstić information content (AvgIpc) is 2.87. The maximum absolute atomic E-state index is 12.7. The Labute approximate surface area is 215 Å². The standard InChI is InChI=1S/C30H35O3PS/c1-25(31)35-24-16-6-4-2-3-5-13-23-30(32)33-28-21-14-15-22-29(28)34(26-17-9-7-10-18-26)27-19-11-8-12-20-27/h7-12,14-15,17-22H,2-6,13,16,23-24H2,1H3. The Morgan fingerprint density at radius 3 is 1.80 bits per heavy atom. The summed E-state index contributed by atoms with van der Waals surface area (Å²) >= 11 is 1.42. The molecule has 184 valence electrons. The summed E-state index contributed by atoms with van der Waals surface area (Å²) in [5.74, 6) is 1.44. The highest BCUT2D eigenvalue weighted by molar-refractivity contribution is 8.13. The van der Waals surface area contributed by atoms with Gasteiger partial charge in [-0.05, 0) is 37.4 Å². The molecule has 3 aromatic carbocycles. The lowest BCUT2D eigenvalue weighted by molar-refractivity contribution is -0.134. The highest BCUT2D eigenvalue weighted by Crippen LogP contribution is 2.36. The third kappa shape index (κ3) is 9.63. The van der Waals surface area contributed by atoms with E-state index in [1.54, 1.807) is 6.92 Å². The van der Waals surface area contributed by atoms with Crippen LogP contribution in [0.2, 0.25) is 0 Å². The van der Waals surface area contributed by atoms with Crippen molar-refractivity contribution in [1.29, 1.82) is 0 Å². The maximum atomic E-state index is 12.7. The molecule has 0 spiro atoms. The van der Waals surface area contributed by atoms with Crippen LogP contribution >= 0.6 is 19.7 Å². The molecular formula is C30H35O3PS. The number of thioether (sulfide) groups is 1. The molecule has 3 rings (SSSR count). The molecule has 0 heterocycles. The minimum absolute atomic E-state index is 0.158. The van der Waals surface area contributed by atoms with Crippen LogP contribution in [0.4, 0.5) is 0 Å². The fourth-order valence-electron chi connectivity index (χ4n) is 3.95. The van der Waals surface area contributed by atoms with Gasteiger partial charge in [0.25, 0.3) is 0 Å². The number of carbonyl (C=O) groups is 2. The Morgan fingerprint density at radius 2 is 1.20 bits per heavy atom. The molecule has 0 saturated heterocycles. The molecule has 0 N–H and O–H groups in total. The zero-order valence-corrected chi connectivity index (χ0v) is 22.2. The van der Waals surface area contributed by atoms with E-state index >= 15 is 0 Å². The van der Waals surface area contributed by atoms with Gasteiger partial charge in [-0.15, -0.1) is 0 Å². The minimum Gasteiger partial charge on any atom is -0.426 e. The summed E-state index contributed by atoms with van der Waals surface area (Å²) in [6.45, 7) is 1.63. The zero-order chi connectivity index (χ0) is 24.7. The van der Waals surface area contributed by atoms with Crippen LogP contribution in [-0.4, -0.2) is 16.8 Å². The smallest absolute Gasteiger partial charge is 0.311 e. The van der Waals surface area contributed by atoms with Gasteiger partial charge >= 0.3 is 5.97 Å². The fourth-order valence-corrected chi connectivity index (χ4v) is 6.96. The Bertz CT molecular complexity index is 1000. The van der Waals surface area contributed by atoms with Crippen molar-refractivity contribution in [2.45, 2.75) is 58.3 Å². The molecule has 5 heteroatoms. The molecule has 0 bridgehead atoms. The monoisotopic (exact) mass is 506 g/mol. The first kappa shape index (κ1) is 27.2. The normalized spacial score (nSPS) is 10.9. The predicted octanol–water partition coefficient (Wildman–Crippen LogP) is 6.75. The second-order valence-electron chi connectivity index (χ2n) is 8.51. The van der Waals surface area contributed by atoms with Crippen molar-refractivity contribution in [1.82, 2.24) is 0 Å². The predicted molar refractivity (Wildman–Crippen MR) is 151 cm³/mol. The SMILES string of the molecule is CC(=O)SCCCCCCCCCC(=O)Oc1ccccc1P(c1ccccc1)c1ccccc1. The van der Waals surface area contributed by atoms with Crippen molar-refractivity contribution < 1.29 is 14.3 Å². The Hall–Kier alpha value is -2.42. The lowest BCUT2D eigenvalue weighted by atomic mass is 10.1. The molecule has 0 atom stereocenters. The van der Waals surface area contributed by atoms with Crippen LogP contribution in [0.5, 0.6) is 5.75 Å². The van der Waals surface area contributed by atoms with E-state index in [2.05, 4.69) is 54.6 Å². The summed E-state index contributed by atoms with van der Waals surface area (Å²) in [7, 11) is -0.826. The molecule has 0 aromatic heterocycles. The fraction of sp³-hybridized carbons (Fsp3) is 0.333. The lowest BCUT2D eigenvalue weighted by Gasteiger charge is -2.21. The first-order valence-corrected chi connectivity index (χ1v) is 14.8. The van der Waals surface area contributed by atoms with Gasteiger partial charge in [0.1, 0.15) is 5.75 Å². The maximum Gasteiger partial charge on any atom is 0.311 e. The van der Waals surface area contributed by atoms with E-state index < -0.39 is 7.92 Å². The van der Waals surface area contributed by atoms with E-state index in [-0.39, 0.29) is 11.1 Å². The van der Waals surface area contributed by atoms with Crippen molar-refractivity contribution in [3.8, 4) is 5.75 Å². The van der Waals surface area contributed by atoms with Crippen LogP contribution in [0.15, 0.2) is 84.9 Å². The summed E-state index contributed by atoms with van der Waals surface area (Å²) < 4.78 is 5.91. The van der Waals surface area contributed by atoms with Crippen molar-refractivity contribution in [3.05, 3.63) is 84.9 Å². The van der Waals surface area contributed by atoms with Gasteiger partial charge in [0.05, 0.1) is 0 Å². The number of unbranched alkanes of at least 4 members (excludes halogenated alkanes) is 6. The van der Waals surface area contributed by atoms with Gasteiger partial charge in [-0.2, -0.15) is 0 Å². The zero-order valence-electron chi connectivity index (χ0n) is 20.5.